The molecule has 66 valence electrons. The molecule has 1 aromatic carbocycles. The highest BCUT2D eigenvalue weighted by molar-refractivity contribution is 8.21. The van der Waals surface area contributed by atoms with Crippen molar-refractivity contribution in [3.63, 3.8) is 0 Å². The molecular weight excluding hydrogens is 222 g/mol. The minimum absolute atomic E-state index is 0.107. The van der Waals surface area contributed by atoms with E-state index < -0.39 is 14.6 Å². The molecule has 0 aliphatic heterocycles. The summed E-state index contributed by atoms with van der Waals surface area (Å²) in [6, 6.07) is 3.60. The monoisotopic (exact) mass is 226 g/mol. The minimum atomic E-state index is -2.82. The third-order valence-corrected chi connectivity index (χ3v) is 3.03. The molecule has 5 heteroatoms. The maximum atomic E-state index is 12.6. The van der Waals surface area contributed by atoms with Crippen LogP contribution in [0.15, 0.2) is 23.1 Å². The van der Waals surface area contributed by atoms with E-state index >= 15 is 0 Å². The minimum Gasteiger partial charge on any atom is -0.248 e. The fourth-order valence-electron chi connectivity index (χ4n) is 0.666. The Morgan fingerprint density at radius 1 is 1.50 bits per heavy atom. The molecule has 1 unspecified atom stereocenters. The van der Waals surface area contributed by atoms with Gasteiger partial charge >= 0.3 is 0 Å². The zero-order valence-corrected chi connectivity index (χ0v) is 8.22. The van der Waals surface area contributed by atoms with E-state index in [4.69, 9.17) is 22.3 Å². The molecule has 0 N–H and O–H groups in total. The number of halogens is 3. The Morgan fingerprint density at radius 2 is 2.08 bits per heavy atom. The molecule has 0 saturated carbocycles. The van der Waals surface area contributed by atoms with Gasteiger partial charge in [-0.25, -0.2) is 8.60 Å². The van der Waals surface area contributed by atoms with Gasteiger partial charge in [-0.05, 0) is 34.8 Å². The fourth-order valence-corrected chi connectivity index (χ4v) is 1.76. The standard InChI is InChI=1S/C7H5Cl2FOS/c1-12(9,11)5-2-3-7(10)6(8)4-5/h2-4H,1H2. The van der Waals surface area contributed by atoms with Gasteiger partial charge in [0.25, 0.3) is 0 Å². The van der Waals surface area contributed by atoms with Gasteiger partial charge in [0.15, 0.2) is 0 Å². The van der Waals surface area contributed by atoms with Gasteiger partial charge in [-0.15, -0.1) is 0 Å². The average molecular weight is 227 g/mol. The summed E-state index contributed by atoms with van der Waals surface area (Å²) < 4.78 is 23.7. The van der Waals surface area contributed by atoms with Crippen molar-refractivity contribution in [2.75, 3.05) is 0 Å². The van der Waals surface area contributed by atoms with Crippen LogP contribution in [0.3, 0.4) is 0 Å². The molecule has 1 atom stereocenters. The fraction of sp³-hybridized carbons (Fsp3) is 0. The van der Waals surface area contributed by atoms with Crippen molar-refractivity contribution in [1.29, 1.82) is 0 Å². The Morgan fingerprint density at radius 3 is 2.50 bits per heavy atom. The molecule has 1 rings (SSSR count). The summed E-state index contributed by atoms with van der Waals surface area (Å²) in [5.41, 5.74) is 0. The molecule has 1 aromatic rings. The highest BCUT2D eigenvalue weighted by Crippen LogP contribution is 2.21. The molecule has 0 radical (unpaired) electrons. The average Bonchev–Trinajstić information content (AvgIpc) is 1.92. The first-order valence-corrected chi connectivity index (χ1v) is 5.86. The molecular formula is C7H5Cl2FOS. The van der Waals surface area contributed by atoms with Gasteiger partial charge < -0.3 is 0 Å². The lowest BCUT2D eigenvalue weighted by Crippen LogP contribution is -1.90. The van der Waals surface area contributed by atoms with Crippen molar-refractivity contribution in [3.05, 3.63) is 29.0 Å². The van der Waals surface area contributed by atoms with Crippen LogP contribution < -0.4 is 0 Å². The van der Waals surface area contributed by atoms with Gasteiger partial charge in [-0.3, -0.25) is 0 Å². The highest BCUT2D eigenvalue weighted by atomic mass is 35.7. The van der Waals surface area contributed by atoms with E-state index in [2.05, 4.69) is 5.87 Å². The third kappa shape index (κ3) is 2.12. The smallest absolute Gasteiger partial charge is 0.141 e. The van der Waals surface area contributed by atoms with Crippen molar-refractivity contribution in [1.82, 2.24) is 0 Å². The van der Waals surface area contributed by atoms with E-state index in [-0.39, 0.29) is 9.92 Å². The largest absolute Gasteiger partial charge is 0.248 e. The summed E-state index contributed by atoms with van der Waals surface area (Å²) in [6.07, 6.45) is 0. The Bertz CT molecular complexity index is 400. The summed E-state index contributed by atoms with van der Waals surface area (Å²) in [5.74, 6) is 2.65. The second-order valence-electron chi connectivity index (χ2n) is 2.17. The summed E-state index contributed by atoms with van der Waals surface area (Å²) in [6.45, 7) is 0. The highest BCUT2D eigenvalue weighted by Gasteiger charge is 2.06. The van der Waals surface area contributed by atoms with Crippen molar-refractivity contribution >= 4 is 36.9 Å². The summed E-state index contributed by atoms with van der Waals surface area (Å²) in [5, 5.41) is -0.107. The van der Waals surface area contributed by atoms with Crippen molar-refractivity contribution in [2.45, 2.75) is 4.90 Å². The summed E-state index contributed by atoms with van der Waals surface area (Å²) >= 11 is 5.43. The van der Waals surface area contributed by atoms with Crippen molar-refractivity contribution in [2.24, 2.45) is 0 Å². The van der Waals surface area contributed by atoms with Crippen LogP contribution in [-0.4, -0.2) is 10.1 Å². The van der Waals surface area contributed by atoms with Crippen LogP contribution in [0.25, 0.3) is 0 Å². The first-order valence-electron chi connectivity index (χ1n) is 2.93. The molecule has 0 aromatic heterocycles. The first-order chi connectivity index (χ1) is 5.41. The van der Waals surface area contributed by atoms with Crippen LogP contribution in [0.2, 0.25) is 5.02 Å². The Hall–Kier alpha value is -0.250. The second kappa shape index (κ2) is 3.24. The van der Waals surface area contributed by atoms with E-state index in [1.165, 1.54) is 12.1 Å². The van der Waals surface area contributed by atoms with E-state index in [9.17, 15) is 8.60 Å². The molecule has 0 aliphatic carbocycles. The maximum Gasteiger partial charge on any atom is 0.141 e. The predicted octanol–water partition coefficient (Wildman–Crippen LogP) is 2.71. The van der Waals surface area contributed by atoms with Gasteiger partial charge in [0.1, 0.15) is 5.82 Å². The lowest BCUT2D eigenvalue weighted by atomic mass is 10.3. The number of hydrogen-bond donors (Lipinski definition) is 0. The van der Waals surface area contributed by atoms with Crippen molar-refractivity contribution in [3.8, 4) is 0 Å². The molecule has 0 aliphatic rings. The Balaban J connectivity index is 3.33. The Labute approximate surface area is 79.6 Å². The number of hydrogen-bond acceptors (Lipinski definition) is 1. The van der Waals surface area contributed by atoms with E-state index in [0.29, 0.717) is 0 Å². The molecule has 12 heavy (non-hydrogen) atoms. The molecule has 1 nitrogen and oxygen atoms in total. The molecule has 0 saturated heterocycles. The zero-order valence-electron chi connectivity index (χ0n) is 5.89. The maximum absolute atomic E-state index is 12.6. The van der Waals surface area contributed by atoms with Crippen LogP contribution in [0.1, 0.15) is 0 Å². The van der Waals surface area contributed by atoms with E-state index in [1.54, 1.807) is 0 Å². The normalized spacial score (nSPS) is 15.6. The van der Waals surface area contributed by atoms with Crippen LogP contribution in [0.4, 0.5) is 4.39 Å². The van der Waals surface area contributed by atoms with Gasteiger partial charge in [-0.2, -0.15) is 0 Å². The van der Waals surface area contributed by atoms with Gasteiger partial charge in [0, 0.05) is 4.90 Å². The molecule has 0 spiro atoms. The van der Waals surface area contributed by atoms with Gasteiger partial charge in [0.2, 0.25) is 0 Å². The predicted molar refractivity (Wildman–Crippen MR) is 50.8 cm³/mol. The third-order valence-electron chi connectivity index (χ3n) is 1.24. The summed E-state index contributed by atoms with van der Waals surface area (Å²) in [4.78, 5) is 0.232. The topological polar surface area (TPSA) is 17.1 Å². The first kappa shape index (κ1) is 9.84. The second-order valence-corrected chi connectivity index (χ2v) is 5.73. The lowest BCUT2D eigenvalue weighted by molar-refractivity contribution is 0.626. The quantitative estimate of drug-likeness (QED) is 0.532. The van der Waals surface area contributed by atoms with E-state index in [1.807, 2.05) is 0 Å². The molecule has 0 heterocycles. The molecule has 0 fully saturated rings. The van der Waals surface area contributed by atoms with Gasteiger partial charge in [0.05, 0.1) is 13.8 Å². The van der Waals surface area contributed by atoms with Crippen LogP contribution in [0.5, 0.6) is 0 Å². The van der Waals surface area contributed by atoms with Crippen LogP contribution in [0, 0.1) is 5.82 Å². The molecule has 0 amide bonds. The van der Waals surface area contributed by atoms with Crippen LogP contribution >= 0.6 is 22.3 Å². The lowest BCUT2D eigenvalue weighted by Gasteiger charge is -2.00. The number of benzene rings is 1. The zero-order chi connectivity index (χ0) is 9.35. The SMILES string of the molecule is C=S(=O)(Cl)c1ccc(F)c(Cl)c1. The van der Waals surface area contributed by atoms with E-state index in [0.717, 1.165) is 6.07 Å². The van der Waals surface area contributed by atoms with Gasteiger partial charge in [-0.1, -0.05) is 11.6 Å². The Kier molecular flexibility index (Phi) is 2.66. The van der Waals surface area contributed by atoms with Crippen molar-refractivity contribution < 1.29 is 8.60 Å². The van der Waals surface area contributed by atoms with Crippen LogP contribution in [-0.2, 0) is 8.74 Å². The molecule has 0 bridgehead atoms. The summed E-state index contributed by atoms with van der Waals surface area (Å²) in [7, 11) is 2.60. The number of rotatable bonds is 1.